The number of nitrogens with one attached hydrogen (secondary N) is 1. The van der Waals surface area contributed by atoms with Crippen molar-refractivity contribution in [2.75, 3.05) is 5.75 Å². The van der Waals surface area contributed by atoms with E-state index in [1.165, 1.54) is 5.56 Å². The van der Waals surface area contributed by atoms with E-state index >= 15 is 0 Å². The highest BCUT2D eigenvalue weighted by Crippen LogP contribution is 2.36. The zero-order chi connectivity index (χ0) is 15.0. The molecule has 1 aliphatic carbocycles. The monoisotopic (exact) mass is 371 g/mol. The number of amides is 1. The zero-order valence-electron chi connectivity index (χ0n) is 11.6. The molecule has 1 amide bonds. The van der Waals surface area contributed by atoms with Crippen LogP contribution in [-0.2, 0) is 21.1 Å². The van der Waals surface area contributed by atoms with Crippen molar-refractivity contribution in [1.82, 2.24) is 5.32 Å². The van der Waals surface area contributed by atoms with E-state index in [1.807, 2.05) is 24.3 Å². The molecular formula is C15H18BrNO3S. The number of benzene rings is 1. The van der Waals surface area contributed by atoms with Crippen molar-refractivity contribution < 1.29 is 13.2 Å². The Kier molecular flexibility index (Phi) is 4.10. The van der Waals surface area contributed by atoms with Gasteiger partial charge in [0.2, 0.25) is 5.91 Å². The van der Waals surface area contributed by atoms with Crippen LogP contribution in [0.4, 0.5) is 0 Å². The van der Waals surface area contributed by atoms with Gasteiger partial charge in [-0.2, -0.15) is 0 Å². The number of alkyl halides is 1. The maximum absolute atomic E-state index is 12.4. The van der Waals surface area contributed by atoms with Crippen LogP contribution >= 0.6 is 15.9 Å². The second kappa shape index (κ2) is 5.72. The summed E-state index contributed by atoms with van der Waals surface area (Å²) in [5.41, 5.74) is 2.29. The average molecular weight is 372 g/mol. The van der Waals surface area contributed by atoms with E-state index in [0.29, 0.717) is 12.8 Å². The van der Waals surface area contributed by atoms with Gasteiger partial charge in [0, 0.05) is 4.83 Å². The first-order valence-corrected chi connectivity index (χ1v) is 9.86. The second-order valence-corrected chi connectivity index (χ2v) is 9.24. The molecule has 1 aromatic carbocycles. The molecule has 4 nitrogen and oxygen atoms in total. The summed E-state index contributed by atoms with van der Waals surface area (Å²) in [5, 5.41) is 2.07. The summed E-state index contributed by atoms with van der Waals surface area (Å²) in [5.74, 6) is -0.217. The van der Waals surface area contributed by atoms with Gasteiger partial charge in [0.15, 0.2) is 9.84 Å². The minimum absolute atomic E-state index is 0.116. The standard InChI is InChI=1S/C15H18BrNO3S/c16-12-9-10-5-1-2-6-11(10)14(12)17-15(18)13-7-3-4-8-21(13,19)20/h1-2,5-6,12-14H,3-4,7-9H2,(H,17,18). The molecule has 3 atom stereocenters. The van der Waals surface area contributed by atoms with Crippen molar-refractivity contribution in [2.45, 2.75) is 41.8 Å². The molecule has 6 heteroatoms. The molecule has 0 saturated carbocycles. The highest BCUT2D eigenvalue weighted by molar-refractivity contribution is 9.09. The normalized spacial score (nSPS) is 30.6. The van der Waals surface area contributed by atoms with Crippen LogP contribution in [0.15, 0.2) is 24.3 Å². The van der Waals surface area contributed by atoms with E-state index in [9.17, 15) is 13.2 Å². The summed E-state index contributed by atoms with van der Waals surface area (Å²) in [6, 6.07) is 7.82. The minimum Gasteiger partial charge on any atom is -0.347 e. The van der Waals surface area contributed by atoms with E-state index in [1.54, 1.807) is 0 Å². The Morgan fingerprint density at radius 3 is 2.76 bits per heavy atom. The largest absolute Gasteiger partial charge is 0.347 e. The van der Waals surface area contributed by atoms with Crippen molar-refractivity contribution in [2.24, 2.45) is 0 Å². The van der Waals surface area contributed by atoms with E-state index in [4.69, 9.17) is 0 Å². The van der Waals surface area contributed by atoms with E-state index in [0.717, 1.165) is 18.4 Å². The molecule has 0 radical (unpaired) electrons. The summed E-state index contributed by atoms with van der Waals surface area (Å²) in [6.45, 7) is 0. The maximum Gasteiger partial charge on any atom is 0.238 e. The molecule has 1 saturated heterocycles. The second-order valence-electron chi connectivity index (χ2n) is 5.76. The Hall–Kier alpha value is -0.880. The van der Waals surface area contributed by atoms with Crippen LogP contribution in [0.3, 0.4) is 0 Å². The number of rotatable bonds is 2. The quantitative estimate of drug-likeness (QED) is 0.809. The molecule has 2 aliphatic rings. The Balaban J connectivity index is 1.79. The van der Waals surface area contributed by atoms with Crippen LogP contribution in [0.25, 0.3) is 0 Å². The van der Waals surface area contributed by atoms with Gasteiger partial charge in [-0.1, -0.05) is 46.6 Å². The zero-order valence-corrected chi connectivity index (χ0v) is 14.0. The molecule has 3 rings (SSSR count). The van der Waals surface area contributed by atoms with Crippen LogP contribution < -0.4 is 5.32 Å². The third kappa shape index (κ3) is 2.88. The van der Waals surface area contributed by atoms with Gasteiger partial charge in [-0.05, 0) is 30.4 Å². The van der Waals surface area contributed by atoms with Gasteiger partial charge in [-0.3, -0.25) is 4.79 Å². The molecule has 0 spiro atoms. The molecule has 1 aliphatic heterocycles. The average Bonchev–Trinajstić information content (AvgIpc) is 2.74. The van der Waals surface area contributed by atoms with Gasteiger partial charge in [0.25, 0.3) is 0 Å². The van der Waals surface area contributed by atoms with Crippen LogP contribution in [0.2, 0.25) is 0 Å². The number of hydrogen-bond acceptors (Lipinski definition) is 3. The Morgan fingerprint density at radius 1 is 1.24 bits per heavy atom. The van der Waals surface area contributed by atoms with Crippen LogP contribution in [-0.4, -0.2) is 30.2 Å². The highest BCUT2D eigenvalue weighted by Gasteiger charge is 2.38. The molecule has 114 valence electrons. The van der Waals surface area contributed by atoms with Crippen molar-refractivity contribution in [1.29, 1.82) is 0 Å². The van der Waals surface area contributed by atoms with E-state index in [-0.39, 0.29) is 22.5 Å². The number of carbonyl (C=O) groups excluding carboxylic acids is 1. The third-order valence-corrected chi connectivity index (χ3v) is 7.36. The molecule has 21 heavy (non-hydrogen) atoms. The predicted octanol–water partition coefficient (Wildman–Crippen LogP) is 2.13. The Morgan fingerprint density at radius 2 is 2.00 bits per heavy atom. The smallest absolute Gasteiger partial charge is 0.238 e. The van der Waals surface area contributed by atoms with Gasteiger partial charge in [-0.25, -0.2) is 8.42 Å². The first kappa shape index (κ1) is 15.0. The number of sulfone groups is 1. The van der Waals surface area contributed by atoms with Gasteiger partial charge in [0.05, 0.1) is 11.8 Å². The molecule has 3 unspecified atom stereocenters. The van der Waals surface area contributed by atoms with Crippen LogP contribution in [0, 0.1) is 0 Å². The van der Waals surface area contributed by atoms with Crippen molar-refractivity contribution >= 4 is 31.7 Å². The highest BCUT2D eigenvalue weighted by atomic mass is 79.9. The predicted molar refractivity (Wildman–Crippen MR) is 85.2 cm³/mol. The molecule has 1 fully saturated rings. The maximum atomic E-state index is 12.4. The number of hydrogen-bond donors (Lipinski definition) is 1. The lowest BCUT2D eigenvalue weighted by Crippen LogP contribution is -2.45. The number of carbonyl (C=O) groups is 1. The summed E-state index contributed by atoms with van der Waals surface area (Å²) in [7, 11) is -3.29. The number of fused-ring (bicyclic) bond motifs is 1. The topological polar surface area (TPSA) is 63.2 Å². The third-order valence-electron chi connectivity index (χ3n) is 4.34. The van der Waals surface area contributed by atoms with E-state index < -0.39 is 15.1 Å². The summed E-state index contributed by atoms with van der Waals surface area (Å²) >= 11 is 3.60. The fourth-order valence-electron chi connectivity index (χ4n) is 3.21. The van der Waals surface area contributed by atoms with Gasteiger partial charge >= 0.3 is 0 Å². The fourth-order valence-corrected chi connectivity index (χ4v) is 5.79. The Bertz CT molecular complexity index is 659. The fraction of sp³-hybridized carbons (Fsp3) is 0.533. The van der Waals surface area contributed by atoms with Crippen molar-refractivity contribution in [3.05, 3.63) is 35.4 Å². The van der Waals surface area contributed by atoms with Gasteiger partial charge in [0.1, 0.15) is 5.25 Å². The van der Waals surface area contributed by atoms with Crippen molar-refractivity contribution in [3.8, 4) is 0 Å². The molecule has 0 bridgehead atoms. The SMILES string of the molecule is O=C(NC1c2ccccc2CC1Br)C1CCCCS1(=O)=O. The van der Waals surface area contributed by atoms with Gasteiger partial charge < -0.3 is 5.32 Å². The molecule has 1 heterocycles. The van der Waals surface area contributed by atoms with Crippen LogP contribution in [0.1, 0.15) is 36.4 Å². The van der Waals surface area contributed by atoms with Crippen LogP contribution in [0.5, 0.6) is 0 Å². The van der Waals surface area contributed by atoms with Crippen molar-refractivity contribution in [3.63, 3.8) is 0 Å². The number of halogens is 1. The summed E-state index contributed by atoms with van der Waals surface area (Å²) in [6.07, 6.45) is 2.75. The van der Waals surface area contributed by atoms with Gasteiger partial charge in [-0.15, -0.1) is 0 Å². The summed E-state index contributed by atoms with van der Waals surface area (Å²) in [4.78, 5) is 12.5. The molecule has 1 aromatic rings. The molecule has 1 N–H and O–H groups in total. The Labute approximate surface area is 133 Å². The van der Waals surface area contributed by atoms with E-state index in [2.05, 4.69) is 21.2 Å². The minimum atomic E-state index is -3.29. The lowest BCUT2D eigenvalue weighted by Gasteiger charge is -2.25. The molecular weight excluding hydrogens is 354 g/mol. The lowest BCUT2D eigenvalue weighted by molar-refractivity contribution is -0.121. The lowest BCUT2D eigenvalue weighted by atomic mass is 10.1. The molecule has 0 aromatic heterocycles. The first-order chi connectivity index (χ1) is 9.99. The first-order valence-electron chi connectivity index (χ1n) is 7.23. The summed E-state index contributed by atoms with van der Waals surface area (Å²) < 4.78 is 24.1.